The highest BCUT2D eigenvalue weighted by atomic mass is 19.1. The van der Waals surface area contributed by atoms with Crippen molar-refractivity contribution >= 4 is 0 Å². The fourth-order valence-corrected chi connectivity index (χ4v) is 1.55. The first kappa shape index (κ1) is 10.8. The molecule has 0 amide bonds. The van der Waals surface area contributed by atoms with Crippen LogP contribution in [0.25, 0.3) is 0 Å². The molecule has 0 spiro atoms. The summed E-state index contributed by atoms with van der Waals surface area (Å²) in [6.07, 6.45) is 2.45. The third-order valence-electron chi connectivity index (χ3n) is 2.55. The third-order valence-corrected chi connectivity index (χ3v) is 2.55. The number of hydrogen-bond donors (Lipinski definition) is 1. The number of aliphatic hydroxyl groups excluding tert-OH is 1. The molecule has 0 radical (unpaired) electrons. The average Bonchev–Trinajstić information content (AvgIpc) is 2.68. The summed E-state index contributed by atoms with van der Waals surface area (Å²) < 4.78 is 14.9. The number of hydrogen-bond acceptors (Lipinski definition) is 2. The highest BCUT2D eigenvalue weighted by Crippen LogP contribution is 2.22. The van der Waals surface area contributed by atoms with Crippen molar-refractivity contribution in [1.29, 1.82) is 0 Å². The summed E-state index contributed by atoms with van der Waals surface area (Å²) >= 11 is 0. The molecule has 16 heavy (non-hydrogen) atoms. The number of aromatic nitrogens is 2. The number of benzene rings is 1. The Morgan fingerprint density at radius 1 is 1.38 bits per heavy atom. The molecular formula is C12H13FN2O. The van der Waals surface area contributed by atoms with Crippen LogP contribution in [-0.2, 0) is 7.05 Å². The Kier molecular flexibility index (Phi) is 2.75. The number of halogens is 1. The lowest BCUT2D eigenvalue weighted by atomic mass is 10.0. The molecular weight excluding hydrogens is 207 g/mol. The molecule has 0 aliphatic heterocycles. The minimum atomic E-state index is -0.830. The average molecular weight is 220 g/mol. The zero-order valence-corrected chi connectivity index (χ0v) is 9.18. The number of aliphatic hydroxyl groups is 1. The molecule has 4 heteroatoms. The first-order valence-corrected chi connectivity index (χ1v) is 5.00. The number of rotatable bonds is 2. The summed E-state index contributed by atoms with van der Waals surface area (Å²) in [4.78, 5) is 0. The van der Waals surface area contributed by atoms with Gasteiger partial charge in [-0.3, -0.25) is 4.68 Å². The van der Waals surface area contributed by atoms with Gasteiger partial charge in [0.25, 0.3) is 0 Å². The van der Waals surface area contributed by atoms with Gasteiger partial charge in [-0.1, -0.05) is 12.1 Å². The Morgan fingerprint density at radius 2 is 2.12 bits per heavy atom. The van der Waals surface area contributed by atoms with Gasteiger partial charge in [-0.05, 0) is 24.1 Å². The van der Waals surface area contributed by atoms with Crippen molar-refractivity contribution in [2.24, 2.45) is 7.05 Å². The van der Waals surface area contributed by atoms with Crippen LogP contribution >= 0.6 is 0 Å². The summed E-state index contributed by atoms with van der Waals surface area (Å²) in [5.41, 5.74) is 1.77. The van der Waals surface area contributed by atoms with Gasteiger partial charge in [0, 0.05) is 18.8 Å². The van der Waals surface area contributed by atoms with Crippen LogP contribution in [0.15, 0.2) is 30.6 Å². The van der Waals surface area contributed by atoms with Gasteiger partial charge in [0.05, 0.1) is 6.20 Å². The smallest absolute Gasteiger partial charge is 0.126 e. The van der Waals surface area contributed by atoms with Crippen molar-refractivity contribution in [3.63, 3.8) is 0 Å². The first-order valence-electron chi connectivity index (χ1n) is 5.00. The summed E-state index contributed by atoms with van der Waals surface area (Å²) in [7, 11) is 1.77. The molecule has 1 atom stereocenters. The fourth-order valence-electron chi connectivity index (χ4n) is 1.55. The fraction of sp³-hybridized carbons (Fsp3) is 0.250. The predicted octanol–water partition coefficient (Wildman–Crippen LogP) is 1.95. The van der Waals surface area contributed by atoms with Crippen LogP contribution in [0.4, 0.5) is 4.39 Å². The maximum atomic E-state index is 13.3. The van der Waals surface area contributed by atoms with Gasteiger partial charge in [0.2, 0.25) is 0 Å². The van der Waals surface area contributed by atoms with Crippen LogP contribution in [-0.4, -0.2) is 14.9 Å². The summed E-state index contributed by atoms with van der Waals surface area (Å²) in [6.45, 7) is 1.69. The lowest BCUT2D eigenvalue weighted by Crippen LogP contribution is -1.99. The van der Waals surface area contributed by atoms with Gasteiger partial charge in [-0.2, -0.15) is 5.10 Å². The molecule has 0 saturated carbocycles. The Morgan fingerprint density at radius 3 is 2.69 bits per heavy atom. The highest BCUT2D eigenvalue weighted by Gasteiger charge is 2.13. The Hall–Kier alpha value is -1.68. The summed E-state index contributed by atoms with van der Waals surface area (Å²) in [5.74, 6) is -0.305. The molecule has 1 aromatic carbocycles. The molecule has 1 heterocycles. The maximum absolute atomic E-state index is 13.3. The standard InChI is InChI=1S/C12H13FN2O/c1-8-3-4-9(5-11(8)13)12(16)10-6-14-15(2)7-10/h3-7,12,16H,1-2H3. The van der Waals surface area contributed by atoms with E-state index in [1.807, 2.05) is 0 Å². The van der Waals surface area contributed by atoms with Gasteiger partial charge >= 0.3 is 0 Å². The predicted molar refractivity (Wildman–Crippen MR) is 58.4 cm³/mol. The molecule has 2 aromatic rings. The molecule has 2 rings (SSSR count). The van der Waals surface area contributed by atoms with Crippen LogP contribution in [0.5, 0.6) is 0 Å². The van der Waals surface area contributed by atoms with E-state index in [1.54, 1.807) is 43.2 Å². The molecule has 1 N–H and O–H groups in total. The minimum Gasteiger partial charge on any atom is -0.384 e. The normalized spacial score (nSPS) is 12.8. The minimum absolute atomic E-state index is 0.305. The van der Waals surface area contributed by atoms with Crippen molar-refractivity contribution in [1.82, 2.24) is 9.78 Å². The van der Waals surface area contributed by atoms with E-state index in [2.05, 4.69) is 5.10 Å². The van der Waals surface area contributed by atoms with E-state index >= 15 is 0 Å². The van der Waals surface area contributed by atoms with Gasteiger partial charge in [0.1, 0.15) is 11.9 Å². The zero-order chi connectivity index (χ0) is 11.7. The van der Waals surface area contributed by atoms with E-state index in [4.69, 9.17) is 0 Å². The van der Waals surface area contributed by atoms with Crippen molar-refractivity contribution in [3.05, 3.63) is 53.1 Å². The molecule has 0 fully saturated rings. The van der Waals surface area contributed by atoms with Crippen LogP contribution < -0.4 is 0 Å². The lowest BCUT2D eigenvalue weighted by Gasteiger charge is -2.09. The van der Waals surface area contributed by atoms with Gasteiger partial charge in [0.15, 0.2) is 0 Å². The molecule has 3 nitrogen and oxygen atoms in total. The molecule has 0 aliphatic rings. The van der Waals surface area contributed by atoms with Crippen molar-refractivity contribution in [2.75, 3.05) is 0 Å². The largest absolute Gasteiger partial charge is 0.384 e. The topological polar surface area (TPSA) is 38.1 Å². The monoisotopic (exact) mass is 220 g/mol. The second-order valence-electron chi connectivity index (χ2n) is 3.86. The van der Waals surface area contributed by atoms with Crippen LogP contribution in [0.3, 0.4) is 0 Å². The Bertz CT molecular complexity index is 507. The van der Waals surface area contributed by atoms with Crippen LogP contribution in [0, 0.1) is 12.7 Å². The van der Waals surface area contributed by atoms with Gasteiger partial charge < -0.3 is 5.11 Å². The van der Waals surface area contributed by atoms with Gasteiger partial charge in [-0.15, -0.1) is 0 Å². The molecule has 0 aliphatic carbocycles. The molecule has 84 valence electrons. The molecule has 0 saturated heterocycles. The second kappa shape index (κ2) is 4.06. The second-order valence-corrected chi connectivity index (χ2v) is 3.86. The van der Waals surface area contributed by atoms with E-state index in [9.17, 15) is 9.50 Å². The molecule has 1 unspecified atom stereocenters. The zero-order valence-electron chi connectivity index (χ0n) is 9.18. The highest BCUT2D eigenvalue weighted by molar-refractivity contribution is 5.30. The number of aryl methyl sites for hydroxylation is 2. The summed E-state index contributed by atoms with van der Waals surface area (Å²) in [6, 6.07) is 4.73. The Labute approximate surface area is 93.2 Å². The van der Waals surface area contributed by atoms with Gasteiger partial charge in [-0.25, -0.2) is 4.39 Å². The maximum Gasteiger partial charge on any atom is 0.126 e. The summed E-state index contributed by atoms with van der Waals surface area (Å²) in [5, 5.41) is 14.0. The van der Waals surface area contributed by atoms with E-state index in [-0.39, 0.29) is 5.82 Å². The van der Waals surface area contributed by atoms with Crippen molar-refractivity contribution < 1.29 is 9.50 Å². The van der Waals surface area contributed by atoms with E-state index in [1.165, 1.54) is 6.07 Å². The Balaban J connectivity index is 2.33. The van der Waals surface area contributed by atoms with Crippen molar-refractivity contribution in [2.45, 2.75) is 13.0 Å². The van der Waals surface area contributed by atoms with Crippen LogP contribution in [0.2, 0.25) is 0 Å². The molecule has 0 bridgehead atoms. The quantitative estimate of drug-likeness (QED) is 0.840. The SMILES string of the molecule is Cc1ccc(C(O)c2cnn(C)c2)cc1F. The van der Waals surface area contributed by atoms with Crippen molar-refractivity contribution in [3.8, 4) is 0 Å². The van der Waals surface area contributed by atoms with E-state index in [0.29, 0.717) is 16.7 Å². The number of nitrogens with zero attached hydrogens (tertiary/aromatic N) is 2. The molecule has 1 aromatic heterocycles. The third kappa shape index (κ3) is 1.97. The van der Waals surface area contributed by atoms with E-state index in [0.717, 1.165) is 0 Å². The van der Waals surface area contributed by atoms with E-state index < -0.39 is 6.10 Å². The first-order chi connectivity index (χ1) is 7.58. The lowest BCUT2D eigenvalue weighted by molar-refractivity contribution is 0.219. The van der Waals surface area contributed by atoms with Crippen LogP contribution in [0.1, 0.15) is 22.8 Å².